The van der Waals surface area contributed by atoms with Gasteiger partial charge in [0.1, 0.15) is 0 Å². The summed E-state index contributed by atoms with van der Waals surface area (Å²) >= 11 is 17.7. The summed E-state index contributed by atoms with van der Waals surface area (Å²) in [6, 6.07) is 0. The smallest absolute Gasteiger partial charge is 0.167 e. The van der Waals surface area contributed by atoms with Crippen molar-refractivity contribution in [1.82, 2.24) is 9.36 Å². The fourth-order valence-electron chi connectivity index (χ4n) is 0.480. The van der Waals surface area contributed by atoms with Crippen molar-refractivity contribution in [3.8, 4) is 0 Å². The van der Waals surface area contributed by atoms with Crippen LogP contribution < -0.4 is 0 Å². The Morgan fingerprint density at radius 2 is 1.91 bits per heavy atom. The van der Waals surface area contributed by atoms with E-state index in [1.165, 1.54) is 11.5 Å². The molecule has 1 aromatic rings. The van der Waals surface area contributed by atoms with E-state index >= 15 is 0 Å². The SMILES string of the molecule is Sc1nc(C(S)C(S)S)ns1. The molecule has 0 fully saturated rings. The van der Waals surface area contributed by atoms with Crippen molar-refractivity contribution in [3.63, 3.8) is 0 Å². The van der Waals surface area contributed by atoms with Gasteiger partial charge in [0.25, 0.3) is 0 Å². The molecule has 1 rings (SSSR count). The molecule has 1 heterocycles. The molecule has 62 valence electrons. The van der Waals surface area contributed by atoms with Gasteiger partial charge in [-0.3, -0.25) is 0 Å². The lowest BCUT2D eigenvalue weighted by Crippen LogP contribution is -2.01. The minimum absolute atomic E-state index is 0.140. The highest BCUT2D eigenvalue weighted by molar-refractivity contribution is 8.00. The summed E-state index contributed by atoms with van der Waals surface area (Å²) < 4.78 is 4.50. The molecule has 0 amide bonds. The average molecular weight is 242 g/mol. The molecule has 0 N–H and O–H groups in total. The molecule has 7 heteroatoms. The zero-order valence-electron chi connectivity index (χ0n) is 5.25. The lowest BCUT2D eigenvalue weighted by molar-refractivity contribution is 0.946. The summed E-state index contributed by atoms with van der Waals surface area (Å²) in [6.07, 6.45) is 0. The maximum absolute atomic E-state index is 4.22. The van der Waals surface area contributed by atoms with E-state index in [9.17, 15) is 0 Å². The molecule has 0 bridgehead atoms. The molecule has 0 saturated carbocycles. The lowest BCUT2D eigenvalue weighted by atomic mass is 10.4. The normalized spacial score (nSPS) is 13.9. The van der Waals surface area contributed by atoms with E-state index < -0.39 is 0 Å². The first-order valence-electron chi connectivity index (χ1n) is 2.68. The van der Waals surface area contributed by atoms with E-state index in [-0.39, 0.29) is 9.83 Å². The van der Waals surface area contributed by atoms with Gasteiger partial charge in [0.2, 0.25) is 0 Å². The summed E-state index contributed by atoms with van der Waals surface area (Å²) in [5, 5.41) is -0.140. The van der Waals surface area contributed by atoms with Crippen LogP contribution in [0.15, 0.2) is 4.34 Å². The van der Waals surface area contributed by atoms with Gasteiger partial charge in [0.05, 0.1) is 9.83 Å². The lowest BCUT2D eigenvalue weighted by Gasteiger charge is -2.07. The second kappa shape index (κ2) is 4.27. The van der Waals surface area contributed by atoms with Gasteiger partial charge in [-0.25, -0.2) is 4.98 Å². The quantitative estimate of drug-likeness (QED) is 0.471. The van der Waals surface area contributed by atoms with Crippen LogP contribution in [0.4, 0.5) is 0 Å². The zero-order chi connectivity index (χ0) is 8.43. The fraction of sp³-hybridized carbons (Fsp3) is 0.500. The molecule has 0 aliphatic heterocycles. The number of hydrogen-bond donors (Lipinski definition) is 4. The topological polar surface area (TPSA) is 25.8 Å². The van der Waals surface area contributed by atoms with Crippen molar-refractivity contribution in [2.45, 2.75) is 14.2 Å². The van der Waals surface area contributed by atoms with Crippen LogP contribution in [0.3, 0.4) is 0 Å². The van der Waals surface area contributed by atoms with Crippen molar-refractivity contribution < 1.29 is 0 Å². The van der Waals surface area contributed by atoms with Crippen LogP contribution in [0.2, 0.25) is 0 Å². The highest BCUT2D eigenvalue weighted by Crippen LogP contribution is 2.28. The van der Waals surface area contributed by atoms with Crippen LogP contribution in [-0.2, 0) is 0 Å². The van der Waals surface area contributed by atoms with Crippen LogP contribution in [0.1, 0.15) is 11.1 Å². The molecule has 0 aliphatic carbocycles. The van der Waals surface area contributed by atoms with Gasteiger partial charge in [-0.2, -0.15) is 42.3 Å². The minimum atomic E-state index is -0.152. The minimum Gasteiger partial charge on any atom is -0.212 e. The van der Waals surface area contributed by atoms with Gasteiger partial charge >= 0.3 is 0 Å². The Hall–Kier alpha value is 0.960. The average Bonchev–Trinajstić information content (AvgIpc) is 2.34. The molecule has 1 unspecified atom stereocenters. The van der Waals surface area contributed by atoms with Crippen LogP contribution >= 0.6 is 62.0 Å². The van der Waals surface area contributed by atoms with Crippen LogP contribution in [0, 0.1) is 0 Å². The Balaban J connectivity index is 2.76. The summed E-state index contributed by atoms with van der Waals surface area (Å²) in [4.78, 5) is 4.03. The van der Waals surface area contributed by atoms with E-state index in [1.807, 2.05) is 0 Å². The standard InChI is InChI=1S/C4H6N2S5/c7-1(3(8)9)2-5-4(10)11-6-2/h1,3,7-9H,(H,5,6,10). The van der Waals surface area contributed by atoms with Crippen molar-refractivity contribution in [3.05, 3.63) is 5.82 Å². The number of hydrogen-bond acceptors (Lipinski definition) is 7. The number of aromatic nitrogens is 2. The molecule has 1 atom stereocenters. The molecule has 0 saturated heterocycles. The van der Waals surface area contributed by atoms with Crippen molar-refractivity contribution >= 4 is 62.0 Å². The van der Waals surface area contributed by atoms with Gasteiger partial charge in [0, 0.05) is 0 Å². The highest BCUT2D eigenvalue weighted by Gasteiger charge is 2.16. The van der Waals surface area contributed by atoms with Crippen molar-refractivity contribution in [2.75, 3.05) is 0 Å². The van der Waals surface area contributed by atoms with E-state index in [0.717, 1.165) is 0 Å². The Labute approximate surface area is 91.0 Å². The van der Waals surface area contributed by atoms with Gasteiger partial charge < -0.3 is 0 Å². The van der Waals surface area contributed by atoms with Crippen LogP contribution in [0.5, 0.6) is 0 Å². The third-order valence-corrected chi connectivity index (χ3v) is 3.45. The first kappa shape index (κ1) is 10.0. The Morgan fingerprint density at radius 3 is 2.27 bits per heavy atom. The first-order chi connectivity index (χ1) is 5.11. The molecular weight excluding hydrogens is 236 g/mol. The Kier molecular flexibility index (Phi) is 3.90. The monoisotopic (exact) mass is 242 g/mol. The molecule has 0 aromatic carbocycles. The fourth-order valence-corrected chi connectivity index (χ4v) is 1.63. The molecule has 1 aromatic heterocycles. The van der Waals surface area contributed by atoms with Gasteiger partial charge in [-0.05, 0) is 11.5 Å². The zero-order valence-corrected chi connectivity index (χ0v) is 9.64. The van der Waals surface area contributed by atoms with Crippen LogP contribution in [0.25, 0.3) is 0 Å². The first-order valence-corrected chi connectivity index (χ1v) is 5.45. The Bertz CT molecular complexity index is 234. The number of thiol groups is 4. The van der Waals surface area contributed by atoms with E-state index in [2.05, 4.69) is 59.9 Å². The third-order valence-electron chi connectivity index (χ3n) is 0.978. The second-order valence-electron chi connectivity index (χ2n) is 1.79. The molecule has 0 spiro atoms. The van der Waals surface area contributed by atoms with Gasteiger partial charge in [0.15, 0.2) is 10.2 Å². The highest BCUT2D eigenvalue weighted by atomic mass is 32.2. The molecule has 2 nitrogen and oxygen atoms in total. The van der Waals surface area contributed by atoms with E-state index in [0.29, 0.717) is 10.2 Å². The predicted molar refractivity (Wildman–Crippen MR) is 60.6 cm³/mol. The molecule has 11 heavy (non-hydrogen) atoms. The molecule has 0 radical (unpaired) electrons. The number of nitrogens with zero attached hydrogens (tertiary/aromatic N) is 2. The van der Waals surface area contributed by atoms with E-state index in [1.54, 1.807) is 0 Å². The number of rotatable bonds is 2. The largest absolute Gasteiger partial charge is 0.212 e. The van der Waals surface area contributed by atoms with Crippen molar-refractivity contribution in [1.29, 1.82) is 0 Å². The molecule has 0 aliphatic rings. The maximum atomic E-state index is 4.22. The maximum Gasteiger partial charge on any atom is 0.167 e. The Morgan fingerprint density at radius 1 is 1.27 bits per heavy atom. The summed E-state index contributed by atoms with van der Waals surface area (Å²) in [6.45, 7) is 0. The predicted octanol–water partition coefficient (Wildman–Crippen LogP) is 1.98. The summed E-state index contributed by atoms with van der Waals surface area (Å²) in [5.41, 5.74) is 0. The summed E-state index contributed by atoms with van der Waals surface area (Å²) in [5.74, 6) is 0.637. The van der Waals surface area contributed by atoms with E-state index in [4.69, 9.17) is 0 Å². The summed E-state index contributed by atoms with van der Waals surface area (Å²) in [7, 11) is 0. The molecular formula is C4H6N2S5. The third kappa shape index (κ3) is 2.73. The van der Waals surface area contributed by atoms with Gasteiger partial charge in [-0.1, -0.05) is 0 Å². The van der Waals surface area contributed by atoms with Gasteiger partial charge in [-0.15, -0.1) is 12.6 Å². The van der Waals surface area contributed by atoms with Crippen molar-refractivity contribution in [2.24, 2.45) is 0 Å². The second-order valence-corrected chi connectivity index (χ2v) is 5.35. The van der Waals surface area contributed by atoms with Crippen LogP contribution in [-0.4, -0.2) is 13.9 Å².